The molecule has 0 N–H and O–H groups in total. The van der Waals surface area contributed by atoms with E-state index in [4.69, 9.17) is 4.42 Å². The van der Waals surface area contributed by atoms with Crippen LogP contribution in [0.5, 0.6) is 0 Å². The van der Waals surface area contributed by atoms with Crippen LogP contribution in [0.15, 0.2) is 21.2 Å². The van der Waals surface area contributed by atoms with Gasteiger partial charge in [-0.3, -0.25) is 4.79 Å². The van der Waals surface area contributed by atoms with Gasteiger partial charge in [0.05, 0.1) is 10.7 Å². The van der Waals surface area contributed by atoms with Crippen molar-refractivity contribution < 1.29 is 9.21 Å². The van der Waals surface area contributed by atoms with E-state index in [0.29, 0.717) is 12.2 Å². The molecule has 2 nitrogen and oxygen atoms in total. The molecule has 1 aliphatic carbocycles. The summed E-state index contributed by atoms with van der Waals surface area (Å²) in [5.74, 6) is 1.37. The first kappa shape index (κ1) is 10.9. The van der Waals surface area contributed by atoms with E-state index in [1.54, 1.807) is 12.3 Å². The molecule has 2 rings (SSSR count). The minimum Gasteiger partial charge on any atom is -0.460 e. The number of hydrogen-bond donors (Lipinski definition) is 0. The molecule has 0 saturated heterocycles. The van der Waals surface area contributed by atoms with E-state index < -0.39 is 0 Å². The summed E-state index contributed by atoms with van der Waals surface area (Å²) in [6.07, 6.45) is 8.46. The quantitative estimate of drug-likeness (QED) is 0.768. The molecule has 0 radical (unpaired) electrons. The number of halogens is 1. The molecule has 1 aromatic heterocycles. The molecule has 82 valence electrons. The summed E-state index contributed by atoms with van der Waals surface area (Å²) in [6.45, 7) is 0. The highest BCUT2D eigenvalue weighted by molar-refractivity contribution is 9.10. The first-order chi connectivity index (χ1) is 7.27. The van der Waals surface area contributed by atoms with Gasteiger partial charge in [-0.1, -0.05) is 25.7 Å². The molecular formula is C12H15BrO2. The maximum Gasteiger partial charge on any atom is 0.199 e. The minimum atomic E-state index is 0.124. The number of ketones is 1. The van der Waals surface area contributed by atoms with Gasteiger partial charge in [0.25, 0.3) is 0 Å². The third-order valence-corrected chi connectivity index (χ3v) is 3.75. The Hall–Kier alpha value is -0.570. The van der Waals surface area contributed by atoms with Crippen molar-refractivity contribution in [1.82, 2.24) is 0 Å². The maximum absolute atomic E-state index is 11.8. The van der Waals surface area contributed by atoms with E-state index in [0.717, 1.165) is 16.8 Å². The second-order valence-electron chi connectivity index (χ2n) is 4.21. The van der Waals surface area contributed by atoms with Crippen LogP contribution in [0.3, 0.4) is 0 Å². The van der Waals surface area contributed by atoms with Crippen molar-refractivity contribution in [3.8, 4) is 0 Å². The van der Waals surface area contributed by atoms with Gasteiger partial charge in [0.1, 0.15) is 0 Å². The minimum absolute atomic E-state index is 0.124. The van der Waals surface area contributed by atoms with Crippen molar-refractivity contribution in [2.45, 2.75) is 38.5 Å². The van der Waals surface area contributed by atoms with E-state index in [1.807, 2.05) is 0 Å². The van der Waals surface area contributed by atoms with Crippen LogP contribution in [0.1, 0.15) is 49.1 Å². The third-order valence-electron chi connectivity index (χ3n) is 3.12. The number of carbonyl (C=O) groups is 1. The predicted octanol–water partition coefficient (Wildman–Crippen LogP) is 4.20. The molecule has 0 spiro atoms. The molecular weight excluding hydrogens is 256 g/mol. The number of furan rings is 1. The first-order valence-corrected chi connectivity index (χ1v) is 6.33. The summed E-state index contributed by atoms with van der Waals surface area (Å²) in [5, 5.41) is 0. The number of Topliss-reactive ketones (excluding diaryl/α,β-unsaturated/α-hetero) is 1. The SMILES string of the molecule is O=C(CCC1CCCC1)c1occc1Br. The Morgan fingerprint density at radius 3 is 2.80 bits per heavy atom. The lowest BCUT2D eigenvalue weighted by molar-refractivity contribution is 0.0946. The number of hydrogen-bond acceptors (Lipinski definition) is 2. The second kappa shape index (κ2) is 4.97. The van der Waals surface area contributed by atoms with E-state index in [2.05, 4.69) is 15.9 Å². The predicted molar refractivity (Wildman–Crippen MR) is 61.9 cm³/mol. The van der Waals surface area contributed by atoms with Gasteiger partial charge in [0.15, 0.2) is 11.5 Å². The fourth-order valence-electron chi connectivity index (χ4n) is 2.24. The fourth-order valence-corrected chi connectivity index (χ4v) is 2.66. The Morgan fingerprint density at radius 1 is 1.47 bits per heavy atom. The van der Waals surface area contributed by atoms with Gasteiger partial charge in [-0.15, -0.1) is 0 Å². The molecule has 1 heterocycles. The van der Waals surface area contributed by atoms with Crippen LogP contribution < -0.4 is 0 Å². The molecule has 0 atom stereocenters. The van der Waals surface area contributed by atoms with Crippen molar-refractivity contribution in [3.63, 3.8) is 0 Å². The summed E-state index contributed by atoms with van der Waals surface area (Å²) < 4.78 is 5.92. The van der Waals surface area contributed by atoms with Gasteiger partial charge in [0, 0.05) is 6.42 Å². The average Bonchev–Trinajstić information content (AvgIpc) is 2.84. The maximum atomic E-state index is 11.8. The van der Waals surface area contributed by atoms with Gasteiger partial charge < -0.3 is 4.42 Å². The third kappa shape index (κ3) is 2.71. The highest BCUT2D eigenvalue weighted by Crippen LogP contribution is 2.29. The van der Waals surface area contributed by atoms with E-state index in [1.165, 1.54) is 25.7 Å². The monoisotopic (exact) mass is 270 g/mol. The second-order valence-corrected chi connectivity index (χ2v) is 5.06. The zero-order chi connectivity index (χ0) is 10.7. The Labute approximate surface area is 98.2 Å². The molecule has 15 heavy (non-hydrogen) atoms. The van der Waals surface area contributed by atoms with Crippen LogP contribution in [-0.2, 0) is 0 Å². The summed E-state index contributed by atoms with van der Waals surface area (Å²) in [7, 11) is 0. The molecule has 0 bridgehead atoms. The van der Waals surface area contributed by atoms with Crippen molar-refractivity contribution in [2.24, 2.45) is 5.92 Å². The van der Waals surface area contributed by atoms with E-state index in [9.17, 15) is 4.79 Å². The van der Waals surface area contributed by atoms with Gasteiger partial charge in [-0.25, -0.2) is 0 Å². The van der Waals surface area contributed by atoms with Crippen LogP contribution in [0.25, 0.3) is 0 Å². The molecule has 1 aromatic rings. The van der Waals surface area contributed by atoms with Gasteiger partial charge in [0.2, 0.25) is 0 Å². The van der Waals surface area contributed by atoms with Crippen LogP contribution in [-0.4, -0.2) is 5.78 Å². The van der Waals surface area contributed by atoms with Crippen LogP contribution in [0.2, 0.25) is 0 Å². The standard InChI is InChI=1S/C12H15BrO2/c13-10-7-8-15-12(10)11(14)6-5-9-3-1-2-4-9/h7-9H,1-6H2. The Kier molecular flexibility index (Phi) is 3.62. The zero-order valence-corrected chi connectivity index (χ0v) is 10.3. The topological polar surface area (TPSA) is 30.2 Å². The Bertz CT molecular complexity index is 337. The van der Waals surface area contributed by atoms with Crippen molar-refractivity contribution in [1.29, 1.82) is 0 Å². The smallest absolute Gasteiger partial charge is 0.199 e. The normalized spacial score (nSPS) is 17.1. The zero-order valence-electron chi connectivity index (χ0n) is 8.67. The molecule has 3 heteroatoms. The molecule has 0 unspecified atom stereocenters. The summed E-state index contributed by atoms with van der Waals surface area (Å²) in [4.78, 5) is 11.8. The number of rotatable bonds is 4. The lowest BCUT2D eigenvalue weighted by atomic mass is 9.99. The number of carbonyl (C=O) groups excluding carboxylic acids is 1. The molecule has 1 saturated carbocycles. The Balaban J connectivity index is 1.84. The molecule has 0 aliphatic heterocycles. The van der Waals surface area contributed by atoms with E-state index >= 15 is 0 Å². The average molecular weight is 271 g/mol. The van der Waals surface area contributed by atoms with E-state index in [-0.39, 0.29) is 5.78 Å². The summed E-state index contributed by atoms with van der Waals surface area (Å²) >= 11 is 3.31. The van der Waals surface area contributed by atoms with Crippen molar-refractivity contribution in [3.05, 3.63) is 22.6 Å². The van der Waals surface area contributed by atoms with Gasteiger partial charge in [-0.2, -0.15) is 0 Å². The van der Waals surface area contributed by atoms with Crippen molar-refractivity contribution >= 4 is 21.7 Å². The highest BCUT2D eigenvalue weighted by atomic mass is 79.9. The molecule has 0 amide bonds. The lowest BCUT2D eigenvalue weighted by Gasteiger charge is -2.06. The summed E-state index contributed by atoms with van der Waals surface area (Å²) in [6, 6.07) is 1.77. The largest absolute Gasteiger partial charge is 0.460 e. The summed E-state index contributed by atoms with van der Waals surface area (Å²) in [5.41, 5.74) is 0. The first-order valence-electron chi connectivity index (χ1n) is 5.53. The van der Waals surface area contributed by atoms with Crippen LogP contribution in [0, 0.1) is 5.92 Å². The highest BCUT2D eigenvalue weighted by Gasteiger charge is 2.19. The fraction of sp³-hybridized carbons (Fsp3) is 0.583. The molecule has 1 aliphatic rings. The van der Waals surface area contributed by atoms with Gasteiger partial charge in [-0.05, 0) is 34.3 Å². The Morgan fingerprint density at radius 2 is 2.20 bits per heavy atom. The van der Waals surface area contributed by atoms with Crippen LogP contribution >= 0.6 is 15.9 Å². The van der Waals surface area contributed by atoms with Crippen molar-refractivity contribution in [2.75, 3.05) is 0 Å². The lowest BCUT2D eigenvalue weighted by Crippen LogP contribution is -2.02. The van der Waals surface area contributed by atoms with Gasteiger partial charge >= 0.3 is 0 Å². The molecule has 0 aromatic carbocycles. The molecule has 1 fully saturated rings. The van der Waals surface area contributed by atoms with Crippen LogP contribution in [0.4, 0.5) is 0 Å².